The van der Waals surface area contributed by atoms with E-state index in [-0.39, 0.29) is 5.91 Å². The van der Waals surface area contributed by atoms with Crippen molar-refractivity contribution < 1.29 is 13.6 Å². The van der Waals surface area contributed by atoms with E-state index in [2.05, 4.69) is 10.3 Å². The summed E-state index contributed by atoms with van der Waals surface area (Å²) < 4.78 is 11.1. The predicted octanol–water partition coefficient (Wildman–Crippen LogP) is 6.01. The zero-order valence-corrected chi connectivity index (χ0v) is 16.1. The molecule has 0 saturated carbocycles. The van der Waals surface area contributed by atoms with E-state index in [9.17, 15) is 4.79 Å². The Bertz CT molecular complexity index is 1190. The number of aromatic nitrogens is 1. The summed E-state index contributed by atoms with van der Waals surface area (Å²) in [5.41, 5.74) is 4.83. The Balaban J connectivity index is 1.62. The first-order valence-electron chi connectivity index (χ1n) is 8.70. The fourth-order valence-electron chi connectivity index (χ4n) is 2.99. The number of carbonyl (C=O) groups is 1. The van der Waals surface area contributed by atoms with Gasteiger partial charge in [0, 0.05) is 11.8 Å². The van der Waals surface area contributed by atoms with Crippen molar-refractivity contribution in [3.8, 4) is 11.5 Å². The summed E-state index contributed by atoms with van der Waals surface area (Å²) in [7, 11) is 0. The molecule has 1 amide bonds. The minimum absolute atomic E-state index is 0.284. The molecule has 140 valence electrons. The van der Waals surface area contributed by atoms with Crippen LogP contribution in [-0.4, -0.2) is 10.9 Å². The van der Waals surface area contributed by atoms with E-state index in [1.54, 1.807) is 42.7 Å². The van der Waals surface area contributed by atoms with Gasteiger partial charge in [-0.05, 0) is 67.4 Å². The highest BCUT2D eigenvalue weighted by Gasteiger charge is 2.14. The maximum atomic E-state index is 12.2. The van der Waals surface area contributed by atoms with Crippen molar-refractivity contribution in [2.24, 2.45) is 0 Å². The second-order valence-electron chi connectivity index (χ2n) is 6.48. The molecule has 4 rings (SSSR count). The fraction of sp³-hybridized carbons (Fsp3) is 0.0909. The first-order chi connectivity index (χ1) is 13.5. The van der Waals surface area contributed by atoms with Crippen LogP contribution in [0.15, 0.2) is 63.6 Å². The quantitative estimate of drug-likeness (QED) is 0.432. The molecule has 0 spiro atoms. The van der Waals surface area contributed by atoms with Crippen LogP contribution >= 0.6 is 11.6 Å². The number of benzene rings is 2. The first kappa shape index (κ1) is 18.1. The number of anilines is 1. The fourth-order valence-corrected chi connectivity index (χ4v) is 3.19. The normalized spacial score (nSPS) is 11.4. The third-order valence-electron chi connectivity index (χ3n) is 4.23. The summed E-state index contributed by atoms with van der Waals surface area (Å²) in [5, 5.41) is 3.29. The third-order valence-corrected chi connectivity index (χ3v) is 4.56. The Labute approximate surface area is 166 Å². The molecule has 28 heavy (non-hydrogen) atoms. The van der Waals surface area contributed by atoms with E-state index in [4.69, 9.17) is 20.4 Å². The van der Waals surface area contributed by atoms with Crippen LogP contribution in [0, 0.1) is 13.8 Å². The van der Waals surface area contributed by atoms with Crippen molar-refractivity contribution >= 4 is 40.4 Å². The van der Waals surface area contributed by atoms with E-state index in [0.717, 1.165) is 22.2 Å². The van der Waals surface area contributed by atoms with Gasteiger partial charge in [0.1, 0.15) is 11.3 Å². The SMILES string of the molecule is Cc1cc(C)c2oc(-c3cc(NC(=O)/C=C/c4ccco4)ccc3Cl)nc2c1. The summed E-state index contributed by atoms with van der Waals surface area (Å²) in [4.78, 5) is 16.7. The summed E-state index contributed by atoms with van der Waals surface area (Å²) in [6.45, 7) is 3.99. The number of carbonyl (C=O) groups excluding carboxylic acids is 1. The molecule has 0 aliphatic carbocycles. The molecule has 0 unspecified atom stereocenters. The second kappa shape index (κ2) is 7.37. The number of amides is 1. The van der Waals surface area contributed by atoms with Crippen molar-refractivity contribution in [2.45, 2.75) is 13.8 Å². The highest BCUT2D eigenvalue weighted by Crippen LogP contribution is 2.33. The molecule has 2 aromatic heterocycles. The number of halogens is 1. The van der Waals surface area contributed by atoms with Crippen LogP contribution < -0.4 is 5.32 Å². The van der Waals surface area contributed by atoms with Crippen LogP contribution in [0.4, 0.5) is 5.69 Å². The molecule has 0 bridgehead atoms. The van der Waals surface area contributed by atoms with Crippen LogP contribution in [-0.2, 0) is 4.79 Å². The third kappa shape index (κ3) is 3.70. The van der Waals surface area contributed by atoms with Gasteiger partial charge in [0.2, 0.25) is 11.8 Å². The number of fused-ring (bicyclic) bond motifs is 1. The smallest absolute Gasteiger partial charge is 0.248 e. The molecule has 6 heteroatoms. The Morgan fingerprint density at radius 3 is 2.82 bits per heavy atom. The van der Waals surface area contributed by atoms with E-state index in [1.165, 1.54) is 6.08 Å². The Hall–Kier alpha value is -3.31. The van der Waals surface area contributed by atoms with Gasteiger partial charge < -0.3 is 14.2 Å². The molecule has 5 nitrogen and oxygen atoms in total. The lowest BCUT2D eigenvalue weighted by Gasteiger charge is -2.05. The topological polar surface area (TPSA) is 68.3 Å². The van der Waals surface area contributed by atoms with Crippen LogP contribution in [0.25, 0.3) is 28.6 Å². The number of oxazole rings is 1. The summed E-state index contributed by atoms with van der Waals surface area (Å²) >= 11 is 6.36. The maximum absolute atomic E-state index is 12.2. The summed E-state index contributed by atoms with van der Waals surface area (Å²) in [5.74, 6) is 0.730. The molecule has 0 radical (unpaired) electrons. The average Bonchev–Trinajstić information content (AvgIpc) is 3.31. The molecular formula is C22H17ClN2O3. The lowest BCUT2D eigenvalue weighted by atomic mass is 10.1. The highest BCUT2D eigenvalue weighted by molar-refractivity contribution is 6.33. The minimum atomic E-state index is -0.284. The number of hydrogen-bond acceptors (Lipinski definition) is 4. The minimum Gasteiger partial charge on any atom is -0.465 e. The standard InChI is InChI=1S/C22H17ClN2O3/c1-13-10-14(2)21-19(11-13)25-22(28-21)17-12-15(5-7-18(17)23)24-20(26)8-6-16-4-3-9-27-16/h3-12H,1-2H3,(H,24,26)/b8-6+. The van der Waals surface area contributed by atoms with Gasteiger partial charge in [0.05, 0.1) is 16.8 Å². The Morgan fingerprint density at radius 1 is 1.18 bits per heavy atom. The molecule has 2 heterocycles. The highest BCUT2D eigenvalue weighted by atomic mass is 35.5. The van der Waals surface area contributed by atoms with Crippen LogP contribution in [0.5, 0.6) is 0 Å². The van der Waals surface area contributed by atoms with Crippen molar-refractivity contribution in [1.82, 2.24) is 4.98 Å². The van der Waals surface area contributed by atoms with E-state index < -0.39 is 0 Å². The molecule has 0 aliphatic rings. The van der Waals surface area contributed by atoms with Crippen molar-refractivity contribution in [1.29, 1.82) is 0 Å². The van der Waals surface area contributed by atoms with Gasteiger partial charge >= 0.3 is 0 Å². The van der Waals surface area contributed by atoms with Gasteiger partial charge in [-0.1, -0.05) is 17.7 Å². The lowest BCUT2D eigenvalue weighted by Crippen LogP contribution is -2.07. The zero-order chi connectivity index (χ0) is 19.7. The van der Waals surface area contributed by atoms with Gasteiger partial charge in [0.25, 0.3) is 0 Å². The van der Waals surface area contributed by atoms with Crippen LogP contribution in [0.3, 0.4) is 0 Å². The molecule has 0 atom stereocenters. The maximum Gasteiger partial charge on any atom is 0.248 e. The first-order valence-corrected chi connectivity index (χ1v) is 9.08. The number of aryl methyl sites for hydroxylation is 2. The van der Waals surface area contributed by atoms with Crippen molar-refractivity contribution in [3.63, 3.8) is 0 Å². The molecule has 1 N–H and O–H groups in total. The number of furan rings is 1. The lowest BCUT2D eigenvalue weighted by molar-refractivity contribution is -0.111. The van der Waals surface area contributed by atoms with E-state index in [0.29, 0.717) is 27.9 Å². The molecule has 0 saturated heterocycles. The van der Waals surface area contributed by atoms with Gasteiger partial charge in [0.15, 0.2) is 5.58 Å². The molecule has 2 aromatic carbocycles. The van der Waals surface area contributed by atoms with E-state index in [1.807, 2.05) is 26.0 Å². The Kier molecular flexibility index (Phi) is 4.75. The summed E-state index contributed by atoms with van der Waals surface area (Å²) in [6.07, 6.45) is 4.55. The zero-order valence-electron chi connectivity index (χ0n) is 15.3. The Morgan fingerprint density at radius 2 is 2.04 bits per heavy atom. The molecule has 4 aromatic rings. The van der Waals surface area contributed by atoms with Crippen molar-refractivity contribution in [2.75, 3.05) is 5.32 Å². The van der Waals surface area contributed by atoms with Gasteiger partial charge in [-0.2, -0.15) is 0 Å². The van der Waals surface area contributed by atoms with Gasteiger partial charge in [-0.15, -0.1) is 0 Å². The number of rotatable bonds is 4. The monoisotopic (exact) mass is 392 g/mol. The predicted molar refractivity (Wildman–Crippen MR) is 110 cm³/mol. The van der Waals surface area contributed by atoms with Gasteiger partial charge in [-0.3, -0.25) is 4.79 Å². The number of nitrogens with one attached hydrogen (secondary N) is 1. The average molecular weight is 393 g/mol. The number of hydrogen-bond donors (Lipinski definition) is 1. The molecule has 0 aliphatic heterocycles. The largest absolute Gasteiger partial charge is 0.465 e. The van der Waals surface area contributed by atoms with Crippen molar-refractivity contribution in [3.05, 3.63) is 76.7 Å². The number of nitrogens with zero attached hydrogens (tertiary/aromatic N) is 1. The van der Waals surface area contributed by atoms with Crippen LogP contribution in [0.2, 0.25) is 5.02 Å². The van der Waals surface area contributed by atoms with Crippen LogP contribution in [0.1, 0.15) is 16.9 Å². The van der Waals surface area contributed by atoms with Gasteiger partial charge in [-0.25, -0.2) is 4.98 Å². The van der Waals surface area contributed by atoms with E-state index >= 15 is 0 Å². The molecular weight excluding hydrogens is 376 g/mol. The summed E-state index contributed by atoms with van der Waals surface area (Å²) in [6, 6.07) is 12.7. The molecule has 0 fully saturated rings. The second-order valence-corrected chi connectivity index (χ2v) is 6.89.